The molecule has 1 aromatic heterocycles. The molecule has 1 unspecified atom stereocenters. The fourth-order valence-electron chi connectivity index (χ4n) is 2.46. The summed E-state index contributed by atoms with van der Waals surface area (Å²) in [7, 11) is 0. The van der Waals surface area contributed by atoms with E-state index in [1.54, 1.807) is 11.3 Å². The zero-order valence-corrected chi connectivity index (χ0v) is 11.5. The number of aliphatic hydroxyl groups is 1. The predicted octanol–water partition coefficient (Wildman–Crippen LogP) is 2.31. The maximum absolute atomic E-state index is 10.4. The zero-order valence-electron chi connectivity index (χ0n) is 10.7. The third-order valence-corrected chi connectivity index (χ3v) is 4.67. The number of piperidine rings is 1. The Hall–Kier alpha value is -0.450. The van der Waals surface area contributed by atoms with Crippen molar-refractivity contribution in [1.82, 2.24) is 9.88 Å². The van der Waals surface area contributed by atoms with Crippen molar-refractivity contribution >= 4 is 11.3 Å². The van der Waals surface area contributed by atoms with Crippen molar-refractivity contribution in [1.29, 1.82) is 0 Å². The van der Waals surface area contributed by atoms with E-state index in [0.717, 1.165) is 13.1 Å². The molecule has 0 aliphatic carbocycles. The summed E-state index contributed by atoms with van der Waals surface area (Å²) in [4.78, 5) is 7.67. The molecule has 17 heavy (non-hydrogen) atoms. The van der Waals surface area contributed by atoms with Crippen LogP contribution in [-0.4, -0.2) is 39.7 Å². The lowest BCUT2D eigenvalue weighted by molar-refractivity contribution is -0.0183. The van der Waals surface area contributed by atoms with Crippen molar-refractivity contribution in [2.24, 2.45) is 0 Å². The van der Waals surface area contributed by atoms with Gasteiger partial charge >= 0.3 is 0 Å². The molecule has 2 rings (SSSR count). The van der Waals surface area contributed by atoms with Gasteiger partial charge in [0.1, 0.15) is 0 Å². The summed E-state index contributed by atoms with van der Waals surface area (Å²) < 4.78 is 0. The first-order valence-electron chi connectivity index (χ1n) is 6.41. The summed E-state index contributed by atoms with van der Waals surface area (Å²) in [6, 6.07) is 0. The summed E-state index contributed by atoms with van der Waals surface area (Å²) in [6.07, 6.45) is 6.11. The molecule has 1 fully saturated rings. The van der Waals surface area contributed by atoms with E-state index in [1.807, 2.05) is 11.7 Å². The number of rotatable bonds is 4. The lowest BCUT2D eigenvalue weighted by Crippen LogP contribution is -2.54. The predicted molar refractivity (Wildman–Crippen MR) is 71.3 cm³/mol. The van der Waals surface area contributed by atoms with Crippen LogP contribution in [0, 0.1) is 0 Å². The first kappa shape index (κ1) is 13.0. The highest BCUT2D eigenvalue weighted by Gasteiger charge is 2.34. The first-order chi connectivity index (χ1) is 8.10. The summed E-state index contributed by atoms with van der Waals surface area (Å²) in [6.45, 7) is 6.55. The Kier molecular flexibility index (Phi) is 4.17. The van der Waals surface area contributed by atoms with E-state index in [2.05, 4.69) is 23.7 Å². The maximum Gasteiger partial charge on any atom is 0.0794 e. The van der Waals surface area contributed by atoms with Gasteiger partial charge in [-0.25, -0.2) is 0 Å². The Balaban J connectivity index is 1.98. The van der Waals surface area contributed by atoms with Crippen molar-refractivity contribution < 1.29 is 5.11 Å². The first-order valence-corrected chi connectivity index (χ1v) is 7.29. The number of aliphatic hydroxyl groups excluding tert-OH is 1. The molecule has 1 aliphatic heterocycles. The number of thiazole rings is 1. The second-order valence-corrected chi connectivity index (χ2v) is 6.36. The number of aromatic nitrogens is 1. The summed E-state index contributed by atoms with van der Waals surface area (Å²) >= 11 is 1.62. The van der Waals surface area contributed by atoms with E-state index in [9.17, 15) is 5.11 Å². The molecule has 1 saturated heterocycles. The van der Waals surface area contributed by atoms with Crippen molar-refractivity contribution in [3.8, 4) is 0 Å². The van der Waals surface area contributed by atoms with Crippen LogP contribution >= 0.6 is 11.3 Å². The van der Waals surface area contributed by atoms with Crippen LogP contribution in [0.4, 0.5) is 0 Å². The largest absolute Gasteiger partial charge is 0.391 e. The molecule has 2 heterocycles. The van der Waals surface area contributed by atoms with E-state index >= 15 is 0 Å². The van der Waals surface area contributed by atoms with Crippen molar-refractivity contribution in [3.05, 3.63) is 16.6 Å². The Labute approximate surface area is 107 Å². The fraction of sp³-hybridized carbons (Fsp3) is 0.769. The van der Waals surface area contributed by atoms with Crippen LogP contribution < -0.4 is 0 Å². The summed E-state index contributed by atoms with van der Waals surface area (Å²) in [5.74, 6) is 0. The minimum atomic E-state index is -0.318. The van der Waals surface area contributed by atoms with E-state index < -0.39 is 0 Å². The number of nitrogens with zero attached hydrogens (tertiary/aromatic N) is 2. The number of hydrogen-bond donors (Lipinski definition) is 1. The lowest BCUT2D eigenvalue weighted by Gasteiger charge is -2.44. The molecule has 0 spiro atoms. The molecular formula is C13H22N2OS. The molecule has 0 aromatic carbocycles. The topological polar surface area (TPSA) is 36.4 Å². The molecule has 1 aromatic rings. The quantitative estimate of drug-likeness (QED) is 0.896. The standard InChI is InChI=1S/C13H22N2OS/c1-13(2,15-6-4-3-5-7-15)12(16)8-11-9-14-10-17-11/h9-10,12,16H,3-8H2,1-2H3. The number of likely N-dealkylation sites (tertiary alicyclic amines) is 1. The van der Waals surface area contributed by atoms with E-state index in [1.165, 1.54) is 24.1 Å². The Morgan fingerprint density at radius 3 is 2.71 bits per heavy atom. The van der Waals surface area contributed by atoms with Gasteiger partial charge in [-0.05, 0) is 39.8 Å². The van der Waals surface area contributed by atoms with Gasteiger partial charge in [-0.3, -0.25) is 9.88 Å². The molecule has 0 bridgehead atoms. The minimum absolute atomic E-state index is 0.135. The zero-order chi connectivity index (χ0) is 12.3. The third-order valence-electron chi connectivity index (χ3n) is 3.86. The smallest absolute Gasteiger partial charge is 0.0794 e. The Morgan fingerprint density at radius 1 is 1.41 bits per heavy atom. The van der Waals surface area contributed by atoms with Crippen molar-refractivity contribution in [2.45, 2.75) is 51.2 Å². The molecule has 0 radical (unpaired) electrons. The Morgan fingerprint density at radius 2 is 2.12 bits per heavy atom. The van der Waals surface area contributed by atoms with Gasteiger partial charge in [-0.1, -0.05) is 6.42 Å². The highest BCUT2D eigenvalue weighted by molar-refractivity contribution is 7.09. The highest BCUT2D eigenvalue weighted by atomic mass is 32.1. The third kappa shape index (κ3) is 3.06. The molecular weight excluding hydrogens is 232 g/mol. The molecule has 1 aliphatic rings. The SMILES string of the molecule is CC(C)(C(O)Cc1cncs1)N1CCCCC1. The van der Waals surface area contributed by atoms with E-state index in [-0.39, 0.29) is 11.6 Å². The molecule has 0 saturated carbocycles. The van der Waals surface area contributed by atoms with Crippen LogP contribution in [0.1, 0.15) is 38.0 Å². The van der Waals surface area contributed by atoms with E-state index in [4.69, 9.17) is 0 Å². The minimum Gasteiger partial charge on any atom is -0.391 e. The number of hydrogen-bond acceptors (Lipinski definition) is 4. The van der Waals surface area contributed by atoms with Gasteiger partial charge in [-0.15, -0.1) is 11.3 Å². The molecule has 96 valence electrons. The lowest BCUT2D eigenvalue weighted by atomic mass is 9.90. The van der Waals surface area contributed by atoms with Crippen LogP contribution in [0.3, 0.4) is 0 Å². The van der Waals surface area contributed by atoms with Gasteiger partial charge in [0, 0.05) is 23.0 Å². The van der Waals surface area contributed by atoms with Gasteiger partial charge in [0.25, 0.3) is 0 Å². The van der Waals surface area contributed by atoms with Gasteiger partial charge in [0.2, 0.25) is 0 Å². The van der Waals surface area contributed by atoms with Crippen LogP contribution in [0.5, 0.6) is 0 Å². The summed E-state index contributed by atoms with van der Waals surface area (Å²) in [5, 5.41) is 10.4. The normalized spacial score (nSPS) is 20.4. The van der Waals surface area contributed by atoms with Gasteiger partial charge < -0.3 is 5.11 Å². The van der Waals surface area contributed by atoms with Crippen LogP contribution in [-0.2, 0) is 6.42 Å². The maximum atomic E-state index is 10.4. The highest BCUT2D eigenvalue weighted by Crippen LogP contribution is 2.26. The van der Waals surface area contributed by atoms with Crippen molar-refractivity contribution in [2.75, 3.05) is 13.1 Å². The average molecular weight is 254 g/mol. The molecule has 1 atom stereocenters. The molecule has 4 heteroatoms. The fourth-order valence-corrected chi connectivity index (χ4v) is 3.10. The van der Waals surface area contributed by atoms with Crippen LogP contribution in [0.2, 0.25) is 0 Å². The van der Waals surface area contributed by atoms with Gasteiger partial charge in [0.05, 0.1) is 11.6 Å². The average Bonchev–Trinajstić information content (AvgIpc) is 2.83. The Bertz CT molecular complexity index is 331. The summed E-state index contributed by atoms with van der Waals surface area (Å²) in [5.41, 5.74) is 1.69. The van der Waals surface area contributed by atoms with Gasteiger partial charge in [-0.2, -0.15) is 0 Å². The monoisotopic (exact) mass is 254 g/mol. The van der Waals surface area contributed by atoms with E-state index in [0.29, 0.717) is 6.42 Å². The van der Waals surface area contributed by atoms with Crippen LogP contribution in [0.25, 0.3) is 0 Å². The molecule has 3 nitrogen and oxygen atoms in total. The molecule has 0 amide bonds. The second-order valence-electron chi connectivity index (χ2n) is 5.39. The van der Waals surface area contributed by atoms with Gasteiger partial charge in [0.15, 0.2) is 0 Å². The second kappa shape index (κ2) is 5.46. The molecule has 1 N–H and O–H groups in total. The van der Waals surface area contributed by atoms with Crippen molar-refractivity contribution in [3.63, 3.8) is 0 Å². The van der Waals surface area contributed by atoms with Crippen LogP contribution in [0.15, 0.2) is 11.7 Å².